The van der Waals surface area contributed by atoms with Crippen LogP contribution in [-0.4, -0.2) is 6.54 Å². The Morgan fingerprint density at radius 1 is 1.11 bits per heavy atom. The number of ether oxygens (including phenoxy) is 1. The van der Waals surface area contributed by atoms with Gasteiger partial charge in [0.05, 0.1) is 5.02 Å². The summed E-state index contributed by atoms with van der Waals surface area (Å²) in [6.45, 7) is 2.46. The third-order valence-electron chi connectivity index (χ3n) is 2.86. The summed E-state index contributed by atoms with van der Waals surface area (Å²) >= 11 is 6.09. The quantitative estimate of drug-likeness (QED) is 0.910. The van der Waals surface area contributed by atoms with Gasteiger partial charge >= 0.3 is 0 Å². The van der Waals surface area contributed by atoms with Gasteiger partial charge in [-0.05, 0) is 30.2 Å². The highest BCUT2D eigenvalue weighted by atomic mass is 35.5. The molecule has 0 aliphatic carbocycles. The van der Waals surface area contributed by atoms with Crippen LogP contribution in [0.4, 0.5) is 0 Å². The van der Waals surface area contributed by atoms with Gasteiger partial charge in [0.15, 0.2) is 0 Å². The van der Waals surface area contributed by atoms with E-state index in [-0.39, 0.29) is 6.10 Å². The van der Waals surface area contributed by atoms with Crippen LogP contribution in [-0.2, 0) is 0 Å². The molecule has 0 heterocycles. The first-order valence-corrected chi connectivity index (χ1v) is 6.27. The Bertz CT molecular complexity index is 527. The van der Waals surface area contributed by atoms with Gasteiger partial charge in [0.1, 0.15) is 11.9 Å². The fourth-order valence-corrected chi connectivity index (χ4v) is 2.06. The second-order valence-electron chi connectivity index (χ2n) is 4.13. The molecule has 0 saturated carbocycles. The molecule has 2 nitrogen and oxygen atoms in total. The van der Waals surface area contributed by atoms with Gasteiger partial charge < -0.3 is 10.5 Å². The highest BCUT2D eigenvalue weighted by Gasteiger charge is 2.14. The Labute approximate surface area is 112 Å². The van der Waals surface area contributed by atoms with Crippen LogP contribution in [0, 0.1) is 6.92 Å². The molecule has 2 N–H and O–H groups in total. The SMILES string of the molecule is Cc1ccccc1C(CN)Oc1ccccc1Cl. The molecule has 94 valence electrons. The molecule has 2 aromatic rings. The minimum Gasteiger partial charge on any atom is -0.483 e. The molecular formula is C15H16ClNO. The van der Waals surface area contributed by atoms with E-state index in [4.69, 9.17) is 22.1 Å². The summed E-state index contributed by atoms with van der Waals surface area (Å²) in [6, 6.07) is 15.5. The van der Waals surface area contributed by atoms with Crippen LogP contribution in [0.25, 0.3) is 0 Å². The molecule has 0 amide bonds. The molecule has 0 aliphatic rings. The Kier molecular flexibility index (Phi) is 4.24. The van der Waals surface area contributed by atoms with Crippen molar-refractivity contribution in [3.05, 3.63) is 64.7 Å². The molecule has 1 atom stereocenters. The topological polar surface area (TPSA) is 35.2 Å². The number of benzene rings is 2. The third kappa shape index (κ3) is 2.84. The molecule has 0 spiro atoms. The average molecular weight is 262 g/mol. The van der Waals surface area contributed by atoms with Crippen LogP contribution in [0.3, 0.4) is 0 Å². The molecule has 2 aromatic carbocycles. The molecule has 0 fully saturated rings. The molecule has 0 aromatic heterocycles. The van der Waals surface area contributed by atoms with Crippen molar-refractivity contribution in [2.45, 2.75) is 13.0 Å². The van der Waals surface area contributed by atoms with Gasteiger partial charge in [0.25, 0.3) is 0 Å². The number of para-hydroxylation sites is 1. The minimum absolute atomic E-state index is 0.175. The maximum absolute atomic E-state index is 6.09. The van der Waals surface area contributed by atoms with Crippen molar-refractivity contribution in [2.75, 3.05) is 6.54 Å². The summed E-state index contributed by atoms with van der Waals surface area (Å²) in [5, 5.41) is 0.601. The van der Waals surface area contributed by atoms with Gasteiger partial charge in [-0.2, -0.15) is 0 Å². The van der Waals surface area contributed by atoms with Gasteiger partial charge in [-0.15, -0.1) is 0 Å². The van der Waals surface area contributed by atoms with Gasteiger partial charge in [0.2, 0.25) is 0 Å². The van der Waals surface area contributed by atoms with E-state index in [1.54, 1.807) is 0 Å². The maximum atomic E-state index is 6.09. The fourth-order valence-electron chi connectivity index (χ4n) is 1.88. The first-order valence-electron chi connectivity index (χ1n) is 5.89. The van der Waals surface area contributed by atoms with Crippen molar-refractivity contribution in [1.82, 2.24) is 0 Å². The van der Waals surface area contributed by atoms with E-state index >= 15 is 0 Å². The maximum Gasteiger partial charge on any atom is 0.138 e. The Hall–Kier alpha value is -1.51. The van der Waals surface area contributed by atoms with Crippen molar-refractivity contribution >= 4 is 11.6 Å². The highest BCUT2D eigenvalue weighted by Crippen LogP contribution is 2.29. The zero-order valence-electron chi connectivity index (χ0n) is 10.3. The van der Waals surface area contributed by atoms with Crippen LogP contribution in [0.15, 0.2) is 48.5 Å². The number of nitrogens with two attached hydrogens (primary N) is 1. The number of aryl methyl sites for hydroxylation is 1. The molecule has 2 rings (SSSR count). The number of rotatable bonds is 4. The average Bonchev–Trinajstić information content (AvgIpc) is 2.39. The third-order valence-corrected chi connectivity index (χ3v) is 3.17. The van der Waals surface area contributed by atoms with Crippen LogP contribution in [0.5, 0.6) is 5.75 Å². The largest absolute Gasteiger partial charge is 0.483 e. The number of hydrogen-bond acceptors (Lipinski definition) is 2. The van der Waals surface area contributed by atoms with Crippen LogP contribution < -0.4 is 10.5 Å². The molecule has 0 radical (unpaired) electrons. The van der Waals surface area contributed by atoms with Crippen molar-refractivity contribution < 1.29 is 4.74 Å². The number of halogens is 1. The van der Waals surface area contributed by atoms with E-state index in [2.05, 4.69) is 0 Å². The first kappa shape index (κ1) is 12.9. The summed E-state index contributed by atoms with van der Waals surface area (Å²) < 4.78 is 5.90. The predicted molar refractivity (Wildman–Crippen MR) is 75.1 cm³/mol. The van der Waals surface area contributed by atoms with E-state index in [1.165, 1.54) is 5.56 Å². The lowest BCUT2D eigenvalue weighted by atomic mass is 10.0. The van der Waals surface area contributed by atoms with Crippen molar-refractivity contribution in [2.24, 2.45) is 5.73 Å². The monoisotopic (exact) mass is 261 g/mol. The Morgan fingerprint density at radius 3 is 2.44 bits per heavy atom. The summed E-state index contributed by atoms with van der Waals surface area (Å²) in [5.74, 6) is 0.665. The van der Waals surface area contributed by atoms with Crippen LogP contribution in [0.1, 0.15) is 17.2 Å². The zero-order valence-corrected chi connectivity index (χ0v) is 11.0. The number of hydrogen-bond donors (Lipinski definition) is 1. The Balaban J connectivity index is 2.26. The van der Waals surface area contributed by atoms with E-state index in [1.807, 2.05) is 55.5 Å². The summed E-state index contributed by atoms with van der Waals surface area (Å²) in [7, 11) is 0. The molecule has 0 bridgehead atoms. The second-order valence-corrected chi connectivity index (χ2v) is 4.54. The van der Waals surface area contributed by atoms with Crippen molar-refractivity contribution in [3.8, 4) is 5.75 Å². The van der Waals surface area contributed by atoms with Gasteiger partial charge in [-0.3, -0.25) is 0 Å². The van der Waals surface area contributed by atoms with Crippen LogP contribution in [0.2, 0.25) is 5.02 Å². The molecule has 3 heteroatoms. The Morgan fingerprint density at radius 2 is 1.78 bits per heavy atom. The highest BCUT2D eigenvalue weighted by molar-refractivity contribution is 6.32. The standard InChI is InChI=1S/C15H16ClNO/c1-11-6-2-3-7-12(11)15(10-17)18-14-9-5-4-8-13(14)16/h2-9,15H,10,17H2,1H3. The van der Waals surface area contributed by atoms with Crippen LogP contribution >= 0.6 is 11.6 Å². The van der Waals surface area contributed by atoms with E-state index in [0.29, 0.717) is 17.3 Å². The van der Waals surface area contributed by atoms with E-state index < -0.39 is 0 Å². The fraction of sp³-hybridized carbons (Fsp3) is 0.200. The van der Waals surface area contributed by atoms with Gasteiger partial charge in [-0.1, -0.05) is 48.0 Å². The zero-order chi connectivity index (χ0) is 13.0. The van der Waals surface area contributed by atoms with Gasteiger partial charge in [-0.25, -0.2) is 0 Å². The smallest absolute Gasteiger partial charge is 0.138 e. The van der Waals surface area contributed by atoms with Gasteiger partial charge in [0, 0.05) is 6.54 Å². The summed E-state index contributed by atoms with van der Waals surface area (Å²) in [6.07, 6.45) is -0.175. The van der Waals surface area contributed by atoms with Crippen molar-refractivity contribution in [1.29, 1.82) is 0 Å². The first-order chi connectivity index (χ1) is 8.72. The summed E-state index contributed by atoms with van der Waals surface area (Å²) in [5.41, 5.74) is 8.07. The van der Waals surface area contributed by atoms with E-state index in [0.717, 1.165) is 5.56 Å². The lowest BCUT2D eigenvalue weighted by Crippen LogP contribution is -2.19. The van der Waals surface area contributed by atoms with Crippen molar-refractivity contribution in [3.63, 3.8) is 0 Å². The molecular weight excluding hydrogens is 246 g/mol. The summed E-state index contributed by atoms with van der Waals surface area (Å²) in [4.78, 5) is 0. The lowest BCUT2D eigenvalue weighted by Gasteiger charge is -2.20. The predicted octanol–water partition coefficient (Wildman–Crippen LogP) is 3.73. The minimum atomic E-state index is -0.175. The normalized spacial score (nSPS) is 12.2. The molecule has 0 saturated heterocycles. The second kappa shape index (κ2) is 5.89. The van der Waals surface area contributed by atoms with E-state index in [9.17, 15) is 0 Å². The lowest BCUT2D eigenvalue weighted by molar-refractivity contribution is 0.213. The molecule has 0 aliphatic heterocycles. The molecule has 1 unspecified atom stereocenters. The molecule has 18 heavy (non-hydrogen) atoms.